The zero-order valence-corrected chi connectivity index (χ0v) is 10.2. The maximum Gasteiger partial charge on any atom is 0.142 e. The fourth-order valence-electron chi connectivity index (χ4n) is 2.24. The second-order valence-electron chi connectivity index (χ2n) is 4.68. The van der Waals surface area contributed by atoms with Crippen molar-refractivity contribution in [3.05, 3.63) is 24.3 Å². The molecule has 1 heterocycles. The summed E-state index contributed by atoms with van der Waals surface area (Å²) in [6.45, 7) is 1.78. The molecular weight excluding hydrogens is 216 g/mol. The average molecular weight is 236 g/mol. The number of piperidine rings is 1. The van der Waals surface area contributed by atoms with Crippen molar-refractivity contribution in [1.82, 2.24) is 0 Å². The van der Waals surface area contributed by atoms with Crippen molar-refractivity contribution in [2.75, 3.05) is 31.7 Å². The van der Waals surface area contributed by atoms with Gasteiger partial charge in [-0.15, -0.1) is 0 Å². The number of methoxy groups -OCH3 is 1. The van der Waals surface area contributed by atoms with Gasteiger partial charge in [0.25, 0.3) is 0 Å². The SMILES string of the molecule is COc1ccccc1N1CCC(N)(CO)CC1. The van der Waals surface area contributed by atoms with E-state index in [1.807, 2.05) is 18.2 Å². The minimum atomic E-state index is -0.404. The molecule has 4 heteroatoms. The van der Waals surface area contributed by atoms with Crippen LogP contribution in [0.4, 0.5) is 5.69 Å². The van der Waals surface area contributed by atoms with Crippen LogP contribution in [0.1, 0.15) is 12.8 Å². The normalized spacial score (nSPS) is 19.1. The molecule has 0 bridgehead atoms. The molecule has 0 spiro atoms. The van der Waals surface area contributed by atoms with E-state index in [1.165, 1.54) is 0 Å². The van der Waals surface area contributed by atoms with Crippen molar-refractivity contribution in [2.45, 2.75) is 18.4 Å². The molecule has 4 nitrogen and oxygen atoms in total. The Bertz CT molecular complexity index is 373. The van der Waals surface area contributed by atoms with Gasteiger partial charge in [-0.3, -0.25) is 0 Å². The van der Waals surface area contributed by atoms with E-state index in [-0.39, 0.29) is 6.61 Å². The van der Waals surface area contributed by atoms with Gasteiger partial charge in [-0.25, -0.2) is 0 Å². The van der Waals surface area contributed by atoms with Crippen LogP contribution in [0.15, 0.2) is 24.3 Å². The second kappa shape index (κ2) is 4.94. The molecule has 0 amide bonds. The Balaban J connectivity index is 2.10. The summed E-state index contributed by atoms with van der Waals surface area (Å²) in [4.78, 5) is 2.26. The molecule has 0 atom stereocenters. The lowest BCUT2D eigenvalue weighted by molar-refractivity contribution is 0.170. The third kappa shape index (κ3) is 2.53. The Kier molecular flexibility index (Phi) is 3.54. The van der Waals surface area contributed by atoms with Gasteiger partial charge in [-0.2, -0.15) is 0 Å². The van der Waals surface area contributed by atoms with Gasteiger partial charge < -0.3 is 20.5 Å². The highest BCUT2D eigenvalue weighted by atomic mass is 16.5. The number of nitrogens with zero attached hydrogens (tertiary/aromatic N) is 1. The zero-order chi connectivity index (χ0) is 12.3. The van der Waals surface area contributed by atoms with Gasteiger partial charge in [-0.05, 0) is 25.0 Å². The van der Waals surface area contributed by atoms with E-state index in [1.54, 1.807) is 7.11 Å². The monoisotopic (exact) mass is 236 g/mol. The smallest absolute Gasteiger partial charge is 0.142 e. The van der Waals surface area contributed by atoms with Crippen LogP contribution in [0.3, 0.4) is 0 Å². The molecule has 0 radical (unpaired) electrons. The van der Waals surface area contributed by atoms with Crippen molar-refractivity contribution in [3.63, 3.8) is 0 Å². The van der Waals surface area contributed by atoms with E-state index in [0.717, 1.165) is 37.4 Å². The standard InChI is InChI=1S/C13H20N2O2/c1-17-12-5-3-2-4-11(12)15-8-6-13(14,10-16)7-9-15/h2-5,16H,6-10,14H2,1H3. The molecule has 2 rings (SSSR count). The molecule has 1 fully saturated rings. The molecule has 1 aromatic carbocycles. The Morgan fingerprint density at radius 1 is 1.35 bits per heavy atom. The molecule has 1 aliphatic heterocycles. The molecule has 0 aromatic heterocycles. The van der Waals surface area contributed by atoms with Gasteiger partial charge in [0.05, 0.1) is 19.4 Å². The number of benzene rings is 1. The molecule has 0 unspecified atom stereocenters. The molecule has 3 N–H and O–H groups in total. The number of ether oxygens (including phenoxy) is 1. The van der Waals surface area contributed by atoms with Gasteiger partial charge >= 0.3 is 0 Å². The van der Waals surface area contributed by atoms with Gasteiger partial charge in [0.15, 0.2) is 0 Å². The Morgan fingerprint density at radius 3 is 2.59 bits per heavy atom. The predicted molar refractivity (Wildman–Crippen MR) is 68.4 cm³/mol. The van der Waals surface area contributed by atoms with Crippen LogP contribution in [0.25, 0.3) is 0 Å². The number of aliphatic hydroxyl groups excluding tert-OH is 1. The Hall–Kier alpha value is -1.26. The van der Waals surface area contributed by atoms with Crippen molar-refractivity contribution in [3.8, 4) is 5.75 Å². The molecule has 17 heavy (non-hydrogen) atoms. The summed E-state index contributed by atoms with van der Waals surface area (Å²) in [5.41, 5.74) is 6.76. The quantitative estimate of drug-likeness (QED) is 0.821. The van der Waals surface area contributed by atoms with E-state index in [0.29, 0.717) is 0 Å². The number of hydrogen-bond donors (Lipinski definition) is 2. The first-order valence-electron chi connectivity index (χ1n) is 5.96. The van der Waals surface area contributed by atoms with Crippen LogP contribution in [-0.4, -0.2) is 37.5 Å². The lowest BCUT2D eigenvalue weighted by atomic mass is 9.89. The Morgan fingerprint density at radius 2 is 2.00 bits per heavy atom. The minimum Gasteiger partial charge on any atom is -0.495 e. The highest BCUT2D eigenvalue weighted by Gasteiger charge is 2.30. The molecular formula is C13H20N2O2. The summed E-state index contributed by atoms with van der Waals surface area (Å²) in [6, 6.07) is 7.99. The summed E-state index contributed by atoms with van der Waals surface area (Å²) in [5, 5.41) is 9.24. The van der Waals surface area contributed by atoms with E-state index < -0.39 is 5.54 Å². The summed E-state index contributed by atoms with van der Waals surface area (Å²) in [6.07, 6.45) is 1.61. The van der Waals surface area contributed by atoms with Crippen LogP contribution in [0.2, 0.25) is 0 Å². The number of nitrogens with two attached hydrogens (primary N) is 1. The maximum absolute atomic E-state index is 9.24. The van der Waals surface area contributed by atoms with E-state index in [2.05, 4.69) is 11.0 Å². The molecule has 0 saturated carbocycles. The lowest BCUT2D eigenvalue weighted by Crippen LogP contribution is -2.52. The van der Waals surface area contributed by atoms with Crippen molar-refractivity contribution < 1.29 is 9.84 Å². The molecule has 1 saturated heterocycles. The van der Waals surface area contributed by atoms with E-state index in [4.69, 9.17) is 10.5 Å². The fourth-order valence-corrected chi connectivity index (χ4v) is 2.24. The van der Waals surface area contributed by atoms with Crippen LogP contribution < -0.4 is 15.4 Å². The first-order chi connectivity index (χ1) is 8.18. The number of anilines is 1. The van der Waals surface area contributed by atoms with E-state index in [9.17, 15) is 5.11 Å². The average Bonchev–Trinajstić information content (AvgIpc) is 2.40. The van der Waals surface area contributed by atoms with Gasteiger partial charge in [0.1, 0.15) is 5.75 Å². The largest absolute Gasteiger partial charge is 0.495 e. The van der Waals surface area contributed by atoms with Crippen molar-refractivity contribution in [1.29, 1.82) is 0 Å². The molecule has 1 aliphatic rings. The third-order valence-corrected chi connectivity index (χ3v) is 3.50. The highest BCUT2D eigenvalue weighted by Crippen LogP contribution is 2.31. The Labute approximate surface area is 102 Å². The molecule has 0 aliphatic carbocycles. The van der Waals surface area contributed by atoms with Gasteiger partial charge in [0.2, 0.25) is 0 Å². The van der Waals surface area contributed by atoms with Crippen LogP contribution >= 0.6 is 0 Å². The minimum absolute atomic E-state index is 0.0623. The second-order valence-corrected chi connectivity index (χ2v) is 4.68. The van der Waals surface area contributed by atoms with Crippen LogP contribution in [0, 0.1) is 0 Å². The number of hydrogen-bond acceptors (Lipinski definition) is 4. The summed E-state index contributed by atoms with van der Waals surface area (Å²) in [5.74, 6) is 0.890. The first-order valence-corrected chi connectivity index (χ1v) is 5.96. The molecule has 1 aromatic rings. The van der Waals surface area contributed by atoms with Crippen molar-refractivity contribution >= 4 is 5.69 Å². The maximum atomic E-state index is 9.24. The summed E-state index contributed by atoms with van der Waals surface area (Å²) < 4.78 is 5.35. The predicted octanol–water partition coefficient (Wildman–Crippen LogP) is 0.985. The number of para-hydroxylation sites is 2. The van der Waals surface area contributed by atoms with Crippen LogP contribution in [-0.2, 0) is 0 Å². The fraction of sp³-hybridized carbons (Fsp3) is 0.538. The van der Waals surface area contributed by atoms with E-state index >= 15 is 0 Å². The first kappa shape index (κ1) is 12.2. The highest BCUT2D eigenvalue weighted by molar-refractivity contribution is 5.58. The summed E-state index contributed by atoms with van der Waals surface area (Å²) in [7, 11) is 1.68. The van der Waals surface area contributed by atoms with Gasteiger partial charge in [0, 0.05) is 18.6 Å². The van der Waals surface area contributed by atoms with Crippen molar-refractivity contribution in [2.24, 2.45) is 5.73 Å². The van der Waals surface area contributed by atoms with Gasteiger partial charge in [-0.1, -0.05) is 12.1 Å². The zero-order valence-electron chi connectivity index (χ0n) is 10.2. The lowest BCUT2D eigenvalue weighted by Gasteiger charge is -2.39. The number of aliphatic hydroxyl groups is 1. The number of rotatable bonds is 3. The summed E-state index contributed by atoms with van der Waals surface area (Å²) >= 11 is 0. The third-order valence-electron chi connectivity index (χ3n) is 3.50. The topological polar surface area (TPSA) is 58.7 Å². The molecule has 94 valence electrons. The van der Waals surface area contributed by atoms with Crippen LogP contribution in [0.5, 0.6) is 5.75 Å².